The number of carbonyl (C=O) groups is 2. The van der Waals surface area contributed by atoms with E-state index < -0.39 is 80.3 Å². The molecule has 1 saturated carbocycles. The number of phenols is 1. The van der Waals surface area contributed by atoms with Gasteiger partial charge in [-0.2, -0.15) is 4.31 Å². The molecule has 0 radical (unpaired) electrons. The van der Waals surface area contributed by atoms with Crippen molar-refractivity contribution in [1.82, 2.24) is 4.31 Å². The van der Waals surface area contributed by atoms with Crippen LogP contribution in [0.4, 0.5) is 27.6 Å². The van der Waals surface area contributed by atoms with E-state index in [1.165, 1.54) is 24.6 Å². The third-order valence-electron chi connectivity index (χ3n) is 8.91. The minimum Gasteiger partial charge on any atom is -0.507 e. The fraction of sp³-hybridized carbons (Fsp3) is 0.278. The molecule has 8 nitrogen and oxygen atoms in total. The number of carbonyl (C=O) groups excluding carboxylic acids is 1. The number of amides is 1. The topological polar surface area (TPSA) is 115 Å². The number of halogens is 5. The van der Waals surface area contributed by atoms with E-state index in [4.69, 9.17) is 0 Å². The summed E-state index contributed by atoms with van der Waals surface area (Å²) in [6.45, 7) is -0.488. The van der Waals surface area contributed by atoms with Crippen LogP contribution >= 0.6 is 0 Å². The van der Waals surface area contributed by atoms with E-state index in [9.17, 15) is 50.2 Å². The predicted molar refractivity (Wildman–Crippen MR) is 174 cm³/mol. The van der Waals surface area contributed by atoms with Gasteiger partial charge in [-0.1, -0.05) is 67.8 Å². The average Bonchev–Trinajstić information content (AvgIpc) is 3.09. The van der Waals surface area contributed by atoms with Crippen LogP contribution in [0, 0.1) is 36.0 Å². The van der Waals surface area contributed by atoms with Gasteiger partial charge in [-0.05, 0) is 60.1 Å². The maximum Gasteiger partial charge on any atom is 0.339 e. The number of carboxylic acids is 1. The summed E-state index contributed by atoms with van der Waals surface area (Å²) in [7, 11) is -5.60. The van der Waals surface area contributed by atoms with Gasteiger partial charge < -0.3 is 15.1 Å². The van der Waals surface area contributed by atoms with Gasteiger partial charge in [-0.3, -0.25) is 4.79 Å². The van der Waals surface area contributed by atoms with Gasteiger partial charge in [0.25, 0.3) is 0 Å². The Morgan fingerprint density at radius 1 is 0.800 bits per heavy atom. The van der Waals surface area contributed by atoms with Crippen LogP contribution in [-0.4, -0.2) is 41.4 Å². The van der Waals surface area contributed by atoms with E-state index in [-0.39, 0.29) is 17.8 Å². The summed E-state index contributed by atoms with van der Waals surface area (Å²) in [5, 5.41) is 19.9. The Labute approximate surface area is 285 Å². The second-order valence-corrected chi connectivity index (χ2v) is 14.0. The molecule has 0 spiro atoms. The van der Waals surface area contributed by atoms with Crippen molar-refractivity contribution >= 4 is 27.6 Å². The van der Waals surface area contributed by atoms with E-state index in [1.54, 1.807) is 31.2 Å². The molecule has 14 heteroatoms. The van der Waals surface area contributed by atoms with E-state index >= 15 is 0 Å². The molecule has 0 saturated heterocycles. The largest absolute Gasteiger partial charge is 0.507 e. The van der Waals surface area contributed by atoms with Crippen LogP contribution in [0.1, 0.15) is 70.6 Å². The number of nitrogens with zero attached hydrogens (tertiary/aromatic N) is 2. The Hall–Kier alpha value is -4.82. The van der Waals surface area contributed by atoms with Gasteiger partial charge in [0.2, 0.25) is 21.7 Å². The Bertz CT molecular complexity index is 2010. The molecule has 0 atom stereocenters. The Kier molecular flexibility index (Phi) is 10.9. The van der Waals surface area contributed by atoms with Crippen molar-refractivity contribution < 1.29 is 50.2 Å². The molecule has 4 aromatic carbocycles. The van der Waals surface area contributed by atoms with Gasteiger partial charge in [0.1, 0.15) is 11.3 Å². The third-order valence-corrected chi connectivity index (χ3v) is 10.7. The normalized spacial score (nSPS) is 13.8. The highest BCUT2D eigenvalue weighted by Gasteiger charge is 2.39. The predicted octanol–water partition coefficient (Wildman–Crippen LogP) is 7.57. The fourth-order valence-corrected chi connectivity index (χ4v) is 7.57. The van der Waals surface area contributed by atoms with Crippen molar-refractivity contribution in [2.45, 2.75) is 62.9 Å². The monoisotopic (exact) mass is 716 g/mol. The Balaban J connectivity index is 1.57. The second kappa shape index (κ2) is 15.0. The van der Waals surface area contributed by atoms with Crippen molar-refractivity contribution in [2.75, 3.05) is 11.4 Å². The van der Waals surface area contributed by atoms with E-state index in [2.05, 4.69) is 0 Å². The lowest BCUT2D eigenvalue weighted by atomic mass is 9.84. The Morgan fingerprint density at radius 2 is 1.40 bits per heavy atom. The van der Waals surface area contributed by atoms with Crippen LogP contribution in [0.3, 0.4) is 0 Å². The number of hydrogen-bond donors (Lipinski definition) is 2. The minimum absolute atomic E-state index is 0.0571. The first kappa shape index (κ1) is 36.5. The maximum absolute atomic E-state index is 14.9. The minimum atomic E-state index is -5.60. The third kappa shape index (κ3) is 7.50. The molecule has 0 unspecified atom stereocenters. The highest BCUT2D eigenvalue weighted by atomic mass is 32.2. The molecule has 5 rings (SSSR count). The van der Waals surface area contributed by atoms with Crippen LogP contribution in [0.25, 0.3) is 0 Å². The molecule has 4 aromatic rings. The van der Waals surface area contributed by atoms with Gasteiger partial charge in [-0.15, -0.1) is 0 Å². The molecule has 0 heterocycles. The molecule has 1 aliphatic rings. The van der Waals surface area contributed by atoms with Crippen molar-refractivity contribution in [2.24, 2.45) is 0 Å². The van der Waals surface area contributed by atoms with Gasteiger partial charge in [-0.25, -0.2) is 35.2 Å². The van der Waals surface area contributed by atoms with Crippen LogP contribution in [0.15, 0.2) is 71.6 Å². The number of sulfonamides is 1. The zero-order valence-electron chi connectivity index (χ0n) is 26.8. The summed E-state index contributed by atoms with van der Waals surface area (Å²) in [6, 6.07) is 16.8. The number of aromatic carboxylic acids is 1. The molecule has 2 N–H and O–H groups in total. The average molecular weight is 717 g/mol. The van der Waals surface area contributed by atoms with E-state index in [1.807, 2.05) is 12.1 Å². The fourth-order valence-electron chi connectivity index (χ4n) is 6.09. The SMILES string of the molecule is Cc1ccccc1CN(CC(=O)N(Cc1ccc(C2CCCCC2)cc1)c1ccc(C(=O)O)c(O)c1)S(=O)(=O)c1c(F)c(F)c(F)c(F)c1F. The number of benzene rings is 4. The first-order valence-corrected chi connectivity index (χ1v) is 17.2. The number of rotatable bonds is 11. The second-order valence-electron chi connectivity index (χ2n) is 12.2. The summed E-state index contributed by atoms with van der Waals surface area (Å²) in [5.74, 6) is -15.5. The smallest absolute Gasteiger partial charge is 0.339 e. The van der Waals surface area contributed by atoms with Crippen molar-refractivity contribution in [1.29, 1.82) is 0 Å². The van der Waals surface area contributed by atoms with Crippen molar-refractivity contribution in [3.8, 4) is 5.75 Å². The highest BCUT2D eigenvalue weighted by Crippen LogP contribution is 2.34. The van der Waals surface area contributed by atoms with Gasteiger partial charge >= 0.3 is 5.97 Å². The number of anilines is 1. The summed E-state index contributed by atoms with van der Waals surface area (Å²) < 4.78 is 100. The van der Waals surface area contributed by atoms with Gasteiger partial charge in [0, 0.05) is 18.3 Å². The standard InChI is InChI=1S/C36H33F5N2O6S/c1-21-7-5-6-10-25(21)19-42(50(48,49)35-33(40)31(38)30(37)32(39)34(35)41)20-29(45)43(26-15-16-27(36(46)47)28(44)17-26)18-22-11-13-24(14-12-22)23-8-3-2-4-9-23/h5-7,10-17,23,44H,2-4,8-9,18-20H2,1H3,(H,46,47). The molecule has 50 heavy (non-hydrogen) atoms. The van der Waals surface area contributed by atoms with Crippen LogP contribution in [0.2, 0.25) is 0 Å². The van der Waals surface area contributed by atoms with Crippen molar-refractivity contribution in [3.63, 3.8) is 0 Å². The summed E-state index contributed by atoms with van der Waals surface area (Å²) in [4.78, 5) is 24.6. The summed E-state index contributed by atoms with van der Waals surface area (Å²) in [5.41, 5.74) is 1.90. The first-order chi connectivity index (χ1) is 23.7. The lowest BCUT2D eigenvalue weighted by Crippen LogP contribution is -2.43. The zero-order valence-corrected chi connectivity index (χ0v) is 27.6. The summed E-state index contributed by atoms with van der Waals surface area (Å²) >= 11 is 0. The lowest BCUT2D eigenvalue weighted by Gasteiger charge is -2.28. The molecule has 0 bridgehead atoms. The molecule has 264 valence electrons. The molecule has 1 aliphatic carbocycles. The van der Waals surface area contributed by atoms with E-state index in [0.29, 0.717) is 21.4 Å². The summed E-state index contributed by atoms with van der Waals surface area (Å²) in [6.07, 6.45) is 5.45. The van der Waals surface area contributed by atoms with Gasteiger partial charge in [0.05, 0.1) is 13.1 Å². The molecule has 1 fully saturated rings. The number of aromatic hydroxyl groups is 1. The highest BCUT2D eigenvalue weighted by molar-refractivity contribution is 7.89. The lowest BCUT2D eigenvalue weighted by molar-refractivity contribution is -0.119. The van der Waals surface area contributed by atoms with Gasteiger partial charge in [0.15, 0.2) is 28.2 Å². The van der Waals surface area contributed by atoms with Crippen molar-refractivity contribution in [3.05, 3.63) is 124 Å². The Morgan fingerprint density at radius 3 is 1.98 bits per heavy atom. The molecular formula is C36H33F5N2O6S. The molecule has 1 amide bonds. The van der Waals surface area contributed by atoms with Crippen LogP contribution in [0.5, 0.6) is 5.75 Å². The van der Waals surface area contributed by atoms with E-state index in [0.717, 1.165) is 48.3 Å². The molecule has 0 aromatic heterocycles. The number of carboxylic acid groups (broad SMARTS) is 1. The molecule has 0 aliphatic heterocycles. The zero-order chi connectivity index (χ0) is 36.3. The van der Waals surface area contributed by atoms with Crippen LogP contribution in [-0.2, 0) is 27.9 Å². The number of hydrogen-bond acceptors (Lipinski definition) is 5. The number of aryl methyl sites for hydroxylation is 1. The molecular weight excluding hydrogens is 683 g/mol. The quantitative estimate of drug-likeness (QED) is 0.0941. The maximum atomic E-state index is 14.9. The van der Waals surface area contributed by atoms with Crippen LogP contribution < -0.4 is 4.90 Å². The first-order valence-electron chi connectivity index (χ1n) is 15.7.